The molecule has 2 rings (SSSR count). The van der Waals surface area contributed by atoms with E-state index in [-0.39, 0.29) is 5.92 Å². The van der Waals surface area contributed by atoms with Crippen molar-refractivity contribution in [2.75, 3.05) is 0 Å². The number of carboxylic acid groups (broad SMARTS) is 1. The summed E-state index contributed by atoms with van der Waals surface area (Å²) in [6, 6.07) is 3.43. The monoisotopic (exact) mass is 263 g/mol. The van der Waals surface area contributed by atoms with Gasteiger partial charge in [0.1, 0.15) is 11.3 Å². The largest absolute Gasteiger partial charge is 0.479 e. The minimum absolute atomic E-state index is 0.0639. The predicted molar refractivity (Wildman–Crippen MR) is 69.3 cm³/mol. The van der Waals surface area contributed by atoms with Crippen molar-refractivity contribution in [2.24, 2.45) is 5.92 Å². The number of carbonyl (C=O) groups excluding carboxylic acids is 1. The maximum atomic E-state index is 11.8. The van der Waals surface area contributed by atoms with E-state index < -0.39 is 17.4 Å². The smallest absolute Gasteiger partial charge is 0.329 e. The molecule has 1 aromatic rings. The van der Waals surface area contributed by atoms with Crippen LogP contribution in [-0.2, 0) is 9.59 Å². The van der Waals surface area contributed by atoms with E-state index in [0.29, 0.717) is 12.2 Å². The molecule has 1 amide bonds. The van der Waals surface area contributed by atoms with Crippen LogP contribution in [0.5, 0.6) is 0 Å². The van der Waals surface area contributed by atoms with Crippen LogP contribution in [0.4, 0.5) is 0 Å². The van der Waals surface area contributed by atoms with Crippen LogP contribution in [0, 0.1) is 5.92 Å². The van der Waals surface area contributed by atoms with Gasteiger partial charge < -0.3 is 14.8 Å². The Bertz CT molecular complexity index is 492. The van der Waals surface area contributed by atoms with E-state index in [1.165, 1.54) is 18.4 Å². The Morgan fingerprint density at radius 1 is 1.58 bits per heavy atom. The van der Waals surface area contributed by atoms with Crippen LogP contribution in [-0.4, -0.2) is 22.5 Å². The first-order valence-electron chi connectivity index (χ1n) is 6.32. The molecule has 1 fully saturated rings. The van der Waals surface area contributed by atoms with Crippen molar-refractivity contribution in [1.82, 2.24) is 5.32 Å². The van der Waals surface area contributed by atoms with Crippen LogP contribution in [0.2, 0.25) is 0 Å². The molecule has 2 atom stereocenters. The number of aliphatic carboxylic acids is 1. The number of hydrogen-bond donors (Lipinski definition) is 2. The van der Waals surface area contributed by atoms with Gasteiger partial charge in [0.15, 0.2) is 0 Å². The third-order valence-corrected chi connectivity index (χ3v) is 3.72. The zero-order valence-corrected chi connectivity index (χ0v) is 10.8. The fourth-order valence-corrected chi connectivity index (χ4v) is 2.54. The van der Waals surface area contributed by atoms with E-state index in [2.05, 4.69) is 5.32 Å². The average Bonchev–Trinajstić information content (AvgIpc) is 2.98. The number of carboxylic acids is 1. The lowest BCUT2D eigenvalue weighted by Crippen LogP contribution is -2.55. The van der Waals surface area contributed by atoms with Crippen molar-refractivity contribution < 1.29 is 19.1 Å². The summed E-state index contributed by atoms with van der Waals surface area (Å²) in [6.45, 7) is 1.86. The van der Waals surface area contributed by atoms with Gasteiger partial charge in [-0.3, -0.25) is 4.79 Å². The summed E-state index contributed by atoms with van der Waals surface area (Å²) >= 11 is 0. The molecule has 102 valence electrons. The zero-order valence-electron chi connectivity index (χ0n) is 10.8. The van der Waals surface area contributed by atoms with Crippen LogP contribution in [0.25, 0.3) is 6.08 Å². The van der Waals surface area contributed by atoms with Gasteiger partial charge in [0.2, 0.25) is 5.91 Å². The summed E-state index contributed by atoms with van der Waals surface area (Å²) in [7, 11) is 0. The van der Waals surface area contributed by atoms with Crippen molar-refractivity contribution >= 4 is 18.0 Å². The minimum Gasteiger partial charge on any atom is -0.479 e. The first-order valence-corrected chi connectivity index (χ1v) is 6.32. The topological polar surface area (TPSA) is 79.5 Å². The second-order valence-electron chi connectivity index (χ2n) is 4.91. The summed E-state index contributed by atoms with van der Waals surface area (Å²) in [6.07, 6.45) is 6.43. The maximum absolute atomic E-state index is 11.8. The van der Waals surface area contributed by atoms with Crippen molar-refractivity contribution in [3.05, 3.63) is 30.2 Å². The van der Waals surface area contributed by atoms with Crippen molar-refractivity contribution in [3.8, 4) is 0 Å². The van der Waals surface area contributed by atoms with Gasteiger partial charge in [-0.05, 0) is 37.0 Å². The van der Waals surface area contributed by atoms with Crippen molar-refractivity contribution in [2.45, 2.75) is 31.7 Å². The van der Waals surface area contributed by atoms with E-state index in [9.17, 15) is 14.7 Å². The Labute approximate surface area is 111 Å². The quantitative estimate of drug-likeness (QED) is 0.815. The molecule has 0 radical (unpaired) electrons. The van der Waals surface area contributed by atoms with E-state index in [1.54, 1.807) is 12.1 Å². The van der Waals surface area contributed by atoms with Gasteiger partial charge >= 0.3 is 5.97 Å². The Morgan fingerprint density at radius 2 is 2.37 bits per heavy atom. The second-order valence-corrected chi connectivity index (χ2v) is 4.91. The molecule has 0 aliphatic heterocycles. The van der Waals surface area contributed by atoms with Gasteiger partial charge in [-0.15, -0.1) is 0 Å². The number of carbonyl (C=O) groups is 2. The highest BCUT2D eigenvalue weighted by Crippen LogP contribution is 2.35. The summed E-state index contributed by atoms with van der Waals surface area (Å²) in [5, 5.41) is 12.0. The molecule has 19 heavy (non-hydrogen) atoms. The predicted octanol–water partition coefficient (Wildman–Crippen LogP) is 2.05. The number of furan rings is 1. The second kappa shape index (κ2) is 5.30. The molecule has 0 saturated heterocycles. The van der Waals surface area contributed by atoms with E-state index in [0.717, 1.165) is 12.8 Å². The number of rotatable bonds is 4. The highest BCUT2D eigenvalue weighted by Gasteiger charge is 2.47. The van der Waals surface area contributed by atoms with Gasteiger partial charge in [0.05, 0.1) is 6.26 Å². The fourth-order valence-electron chi connectivity index (χ4n) is 2.54. The standard InChI is InChI=1S/C14H17NO4/c1-10-4-2-8-14(10,13(17)18)15-12(16)7-6-11-5-3-9-19-11/h3,5-7,9-10H,2,4,8H2,1H3,(H,15,16)(H,17,18)/b7-6+. The molecular formula is C14H17NO4. The average molecular weight is 263 g/mol. The van der Waals surface area contributed by atoms with Gasteiger partial charge in [0.25, 0.3) is 0 Å². The molecule has 0 spiro atoms. The molecule has 2 N–H and O–H groups in total. The molecular weight excluding hydrogens is 246 g/mol. The molecule has 1 heterocycles. The first kappa shape index (κ1) is 13.4. The van der Waals surface area contributed by atoms with Crippen LogP contribution < -0.4 is 5.32 Å². The lowest BCUT2D eigenvalue weighted by Gasteiger charge is -2.29. The minimum atomic E-state index is -1.13. The normalized spacial score (nSPS) is 26.7. The van der Waals surface area contributed by atoms with Crippen LogP contribution >= 0.6 is 0 Å². The Balaban J connectivity index is 2.06. The van der Waals surface area contributed by atoms with Crippen LogP contribution in [0.1, 0.15) is 31.9 Å². The number of amides is 1. The summed E-state index contributed by atoms with van der Waals surface area (Å²) in [4.78, 5) is 23.3. The van der Waals surface area contributed by atoms with Gasteiger partial charge in [-0.25, -0.2) is 4.79 Å². The SMILES string of the molecule is CC1CCCC1(NC(=O)/C=C/c1ccco1)C(=O)O. The summed E-state index contributed by atoms with van der Waals surface area (Å²) < 4.78 is 5.06. The molecule has 1 saturated carbocycles. The third kappa shape index (κ3) is 2.70. The molecule has 5 nitrogen and oxygen atoms in total. The maximum Gasteiger partial charge on any atom is 0.329 e. The molecule has 1 aliphatic carbocycles. The fraction of sp³-hybridized carbons (Fsp3) is 0.429. The van der Waals surface area contributed by atoms with E-state index in [1.807, 2.05) is 6.92 Å². The molecule has 0 aromatic carbocycles. The molecule has 0 bridgehead atoms. The zero-order chi connectivity index (χ0) is 13.9. The highest BCUT2D eigenvalue weighted by atomic mass is 16.4. The Hall–Kier alpha value is -2.04. The van der Waals surface area contributed by atoms with E-state index in [4.69, 9.17) is 4.42 Å². The van der Waals surface area contributed by atoms with Gasteiger partial charge in [-0.1, -0.05) is 13.3 Å². The van der Waals surface area contributed by atoms with Crippen LogP contribution in [0.15, 0.2) is 28.9 Å². The highest BCUT2D eigenvalue weighted by molar-refractivity contribution is 5.95. The summed E-state index contributed by atoms with van der Waals surface area (Å²) in [5.41, 5.74) is -1.13. The molecule has 1 aromatic heterocycles. The summed E-state index contributed by atoms with van der Waals surface area (Å²) in [5.74, 6) is -0.880. The lowest BCUT2D eigenvalue weighted by molar-refractivity contribution is -0.148. The Kier molecular flexibility index (Phi) is 3.74. The third-order valence-electron chi connectivity index (χ3n) is 3.72. The van der Waals surface area contributed by atoms with Gasteiger partial charge in [0, 0.05) is 6.08 Å². The van der Waals surface area contributed by atoms with Crippen molar-refractivity contribution in [3.63, 3.8) is 0 Å². The number of hydrogen-bond acceptors (Lipinski definition) is 3. The Morgan fingerprint density at radius 3 is 2.89 bits per heavy atom. The number of nitrogens with one attached hydrogen (secondary N) is 1. The first-order chi connectivity index (χ1) is 9.04. The molecule has 2 unspecified atom stereocenters. The van der Waals surface area contributed by atoms with Crippen LogP contribution in [0.3, 0.4) is 0 Å². The lowest BCUT2D eigenvalue weighted by atomic mass is 9.88. The van der Waals surface area contributed by atoms with Gasteiger partial charge in [-0.2, -0.15) is 0 Å². The molecule has 5 heteroatoms. The van der Waals surface area contributed by atoms with E-state index >= 15 is 0 Å². The van der Waals surface area contributed by atoms with Crippen molar-refractivity contribution in [1.29, 1.82) is 0 Å². The molecule has 1 aliphatic rings.